The second-order valence-corrected chi connectivity index (χ2v) is 7.74. The molecule has 31 heavy (non-hydrogen) atoms. The van der Waals surface area contributed by atoms with Crippen LogP contribution in [0.4, 0.5) is 16.0 Å². The van der Waals surface area contributed by atoms with Gasteiger partial charge in [0.15, 0.2) is 0 Å². The molecule has 0 saturated carbocycles. The molecule has 0 unspecified atom stereocenters. The number of ether oxygens (including phenoxy) is 1. The Kier molecular flexibility index (Phi) is 6.22. The predicted octanol–water partition coefficient (Wildman–Crippen LogP) is 3.07. The van der Waals surface area contributed by atoms with Crippen LogP contribution in [0.5, 0.6) is 0 Å². The molecule has 0 bridgehead atoms. The van der Waals surface area contributed by atoms with Gasteiger partial charge in [0, 0.05) is 25.0 Å². The van der Waals surface area contributed by atoms with Gasteiger partial charge in [0.05, 0.1) is 31.6 Å². The average molecular weight is 424 g/mol. The summed E-state index contributed by atoms with van der Waals surface area (Å²) < 4.78 is 20.2. The maximum Gasteiger partial charge on any atom is 0.274 e. The maximum absolute atomic E-state index is 13.1. The van der Waals surface area contributed by atoms with Crippen molar-refractivity contribution in [2.24, 2.45) is 0 Å². The molecule has 1 N–H and O–H groups in total. The Bertz CT molecular complexity index is 1040. The number of nitrogens with zero attached hydrogens (tertiary/aromatic N) is 5. The number of carbonyl (C=O) groups excluding carboxylic acids is 1. The zero-order valence-corrected chi connectivity index (χ0v) is 17.6. The van der Waals surface area contributed by atoms with E-state index in [4.69, 9.17) is 4.74 Å². The van der Waals surface area contributed by atoms with Crippen LogP contribution in [0.3, 0.4) is 0 Å². The number of carbonyl (C=O) groups is 1. The van der Waals surface area contributed by atoms with E-state index in [-0.39, 0.29) is 17.6 Å². The van der Waals surface area contributed by atoms with E-state index in [1.807, 2.05) is 18.7 Å². The summed E-state index contributed by atoms with van der Waals surface area (Å²) in [4.78, 5) is 24.1. The smallest absolute Gasteiger partial charge is 0.274 e. The lowest BCUT2D eigenvalue weighted by atomic mass is 10.1. The molecule has 0 atom stereocenters. The molecule has 0 spiro atoms. The Morgan fingerprint density at radius 1 is 1.19 bits per heavy atom. The summed E-state index contributed by atoms with van der Waals surface area (Å²) >= 11 is 0. The highest BCUT2D eigenvalue weighted by Crippen LogP contribution is 2.19. The van der Waals surface area contributed by atoms with Crippen molar-refractivity contribution in [1.29, 1.82) is 0 Å². The minimum Gasteiger partial charge on any atom is -0.378 e. The number of amides is 1. The molecule has 2 aromatic heterocycles. The van der Waals surface area contributed by atoms with E-state index in [0.29, 0.717) is 50.2 Å². The Hall–Kier alpha value is -3.33. The van der Waals surface area contributed by atoms with Gasteiger partial charge in [-0.2, -0.15) is 5.10 Å². The van der Waals surface area contributed by atoms with Gasteiger partial charge >= 0.3 is 0 Å². The highest BCUT2D eigenvalue weighted by Gasteiger charge is 2.19. The number of hydrogen-bond acceptors (Lipinski definition) is 6. The minimum atomic E-state index is -0.319. The van der Waals surface area contributed by atoms with Gasteiger partial charge in [0.25, 0.3) is 5.91 Å². The van der Waals surface area contributed by atoms with Gasteiger partial charge in [-0.3, -0.25) is 9.48 Å². The SMILES string of the molecule is CC(C)c1cc(C(=O)Nc2cnn(Cc3ccc(F)cc3)c2)nc(N2CCOCC2)n1. The van der Waals surface area contributed by atoms with Gasteiger partial charge in [-0.05, 0) is 29.7 Å². The van der Waals surface area contributed by atoms with Crippen molar-refractivity contribution in [3.8, 4) is 0 Å². The van der Waals surface area contributed by atoms with Crippen LogP contribution in [-0.2, 0) is 11.3 Å². The Labute approximate surface area is 180 Å². The minimum absolute atomic E-state index is 0.160. The van der Waals surface area contributed by atoms with E-state index in [0.717, 1.165) is 11.3 Å². The summed E-state index contributed by atoms with van der Waals surface area (Å²) in [5.41, 5.74) is 2.60. The third kappa shape index (κ3) is 5.24. The number of aromatic nitrogens is 4. The number of benzene rings is 1. The second-order valence-electron chi connectivity index (χ2n) is 7.74. The van der Waals surface area contributed by atoms with Crippen LogP contribution in [-0.4, -0.2) is 52.0 Å². The Morgan fingerprint density at radius 3 is 2.65 bits per heavy atom. The first kappa shape index (κ1) is 20.9. The maximum atomic E-state index is 13.1. The number of nitrogens with one attached hydrogen (secondary N) is 1. The highest BCUT2D eigenvalue weighted by atomic mass is 19.1. The van der Waals surface area contributed by atoms with Crippen LogP contribution in [0.1, 0.15) is 41.5 Å². The topological polar surface area (TPSA) is 85.2 Å². The van der Waals surface area contributed by atoms with E-state index in [1.165, 1.54) is 12.1 Å². The summed E-state index contributed by atoms with van der Waals surface area (Å²) in [7, 11) is 0. The van der Waals surface area contributed by atoms with Crippen molar-refractivity contribution < 1.29 is 13.9 Å². The van der Waals surface area contributed by atoms with E-state index in [2.05, 4.69) is 20.4 Å². The predicted molar refractivity (Wildman–Crippen MR) is 115 cm³/mol. The quantitative estimate of drug-likeness (QED) is 0.655. The van der Waals surface area contributed by atoms with Crippen LogP contribution < -0.4 is 10.2 Å². The van der Waals surface area contributed by atoms with Crippen molar-refractivity contribution in [3.05, 3.63) is 65.5 Å². The van der Waals surface area contributed by atoms with Crippen LogP contribution in [0.15, 0.2) is 42.7 Å². The molecule has 1 aliphatic rings. The molecule has 0 aliphatic carbocycles. The molecule has 1 amide bonds. The third-order valence-electron chi connectivity index (χ3n) is 5.00. The van der Waals surface area contributed by atoms with E-state index < -0.39 is 0 Å². The van der Waals surface area contributed by atoms with E-state index >= 15 is 0 Å². The van der Waals surface area contributed by atoms with Crippen molar-refractivity contribution >= 4 is 17.5 Å². The highest BCUT2D eigenvalue weighted by molar-refractivity contribution is 6.03. The molecule has 1 aromatic carbocycles. The lowest BCUT2D eigenvalue weighted by molar-refractivity contribution is 0.102. The number of hydrogen-bond donors (Lipinski definition) is 1. The van der Waals surface area contributed by atoms with Gasteiger partial charge in [-0.15, -0.1) is 0 Å². The van der Waals surface area contributed by atoms with Crippen LogP contribution >= 0.6 is 0 Å². The number of rotatable bonds is 6. The first-order valence-corrected chi connectivity index (χ1v) is 10.3. The summed E-state index contributed by atoms with van der Waals surface area (Å²) in [6, 6.07) is 7.96. The molecule has 3 heterocycles. The number of halogens is 1. The number of morpholine rings is 1. The fourth-order valence-electron chi connectivity index (χ4n) is 3.26. The zero-order chi connectivity index (χ0) is 21.8. The number of anilines is 2. The van der Waals surface area contributed by atoms with Crippen molar-refractivity contribution in [1.82, 2.24) is 19.7 Å². The van der Waals surface area contributed by atoms with Crippen molar-refractivity contribution in [3.63, 3.8) is 0 Å². The average Bonchev–Trinajstić information content (AvgIpc) is 3.22. The Balaban J connectivity index is 1.49. The first-order valence-electron chi connectivity index (χ1n) is 10.3. The van der Waals surface area contributed by atoms with Gasteiger partial charge in [0.1, 0.15) is 11.5 Å². The molecule has 1 fully saturated rings. The van der Waals surface area contributed by atoms with Gasteiger partial charge < -0.3 is 15.0 Å². The standard InChI is InChI=1S/C22H25FN6O2/c1-15(2)19-11-20(27-22(26-19)28-7-9-31-10-8-28)21(30)25-18-12-24-29(14-18)13-16-3-5-17(23)6-4-16/h3-6,11-12,14-15H,7-10,13H2,1-2H3,(H,25,30). The molecule has 8 nitrogen and oxygen atoms in total. The molecule has 4 rings (SSSR count). The second kappa shape index (κ2) is 9.22. The normalized spacial score (nSPS) is 14.1. The summed E-state index contributed by atoms with van der Waals surface area (Å²) in [6.07, 6.45) is 3.31. The van der Waals surface area contributed by atoms with E-state index in [1.54, 1.807) is 35.3 Å². The summed E-state index contributed by atoms with van der Waals surface area (Å²) in [6.45, 7) is 7.16. The first-order chi connectivity index (χ1) is 15.0. The molecule has 1 saturated heterocycles. The lowest BCUT2D eigenvalue weighted by Crippen LogP contribution is -2.38. The fraction of sp³-hybridized carbons (Fsp3) is 0.364. The van der Waals surface area contributed by atoms with Crippen LogP contribution in [0, 0.1) is 5.82 Å². The molecule has 0 radical (unpaired) electrons. The van der Waals surface area contributed by atoms with Crippen LogP contribution in [0.2, 0.25) is 0 Å². The van der Waals surface area contributed by atoms with Crippen molar-refractivity contribution in [2.75, 3.05) is 36.5 Å². The van der Waals surface area contributed by atoms with Crippen LogP contribution in [0.25, 0.3) is 0 Å². The van der Waals surface area contributed by atoms with E-state index in [9.17, 15) is 9.18 Å². The fourth-order valence-corrected chi connectivity index (χ4v) is 3.26. The monoisotopic (exact) mass is 424 g/mol. The third-order valence-corrected chi connectivity index (χ3v) is 5.00. The van der Waals surface area contributed by atoms with Gasteiger partial charge in [0.2, 0.25) is 5.95 Å². The summed E-state index contributed by atoms with van der Waals surface area (Å²) in [5.74, 6) is 0.110. The largest absolute Gasteiger partial charge is 0.378 e. The molecular formula is C22H25FN6O2. The zero-order valence-electron chi connectivity index (χ0n) is 17.6. The molecule has 3 aromatic rings. The molecular weight excluding hydrogens is 399 g/mol. The van der Waals surface area contributed by atoms with Gasteiger partial charge in [-0.25, -0.2) is 14.4 Å². The molecule has 1 aliphatic heterocycles. The van der Waals surface area contributed by atoms with Crippen molar-refractivity contribution in [2.45, 2.75) is 26.3 Å². The Morgan fingerprint density at radius 2 is 1.94 bits per heavy atom. The summed E-state index contributed by atoms with van der Waals surface area (Å²) in [5, 5.41) is 7.12. The van der Waals surface area contributed by atoms with Gasteiger partial charge in [-0.1, -0.05) is 26.0 Å². The lowest BCUT2D eigenvalue weighted by Gasteiger charge is -2.27. The molecule has 9 heteroatoms. The molecule has 162 valence electrons.